The van der Waals surface area contributed by atoms with E-state index in [4.69, 9.17) is 0 Å². The highest BCUT2D eigenvalue weighted by Crippen LogP contribution is 2.61. The van der Waals surface area contributed by atoms with Crippen LogP contribution < -0.4 is 4.90 Å². The number of anilines is 3. The Balaban J connectivity index is 1.09. The van der Waals surface area contributed by atoms with Gasteiger partial charge in [-0.05, 0) is 149 Å². The normalized spacial score (nSPS) is 16.2. The maximum atomic E-state index is 2.62. The molecule has 0 aliphatic heterocycles. The summed E-state index contributed by atoms with van der Waals surface area (Å²) in [5.41, 5.74) is 27.1. The minimum atomic E-state index is -0.580. The molecular weight excluding hydrogens is 867 g/mol. The number of hydrogen-bond donors (Lipinski definition) is 0. The molecule has 13 rings (SSSR count). The van der Waals surface area contributed by atoms with Crippen LogP contribution in [0.15, 0.2) is 200 Å². The van der Waals surface area contributed by atoms with Crippen molar-refractivity contribution < 1.29 is 0 Å². The molecule has 1 saturated carbocycles. The van der Waals surface area contributed by atoms with Gasteiger partial charge >= 0.3 is 0 Å². The standard InChI is InChI=1S/C71H65N/c1-67(2,3)46-30-34-48(35-31-46)71(49-36-32-47(33-37-49)68(4,5)6)62-28-15-11-21-53(62)56-41-39-51(45-64(56)71)72(50-38-40-55-52-20-10-14-27-61(52)70(63(55)44-50)42-17-18-43-70)65-29-16-12-23-57(65)59-25-19-24-58-54-22-9-13-26-60(54)69(7,8)66(58)59/h9-16,19-41,44-45H,17-18,42-43H2,1-8H3. The fourth-order valence-electron chi connectivity index (χ4n) is 14.1. The average Bonchev–Trinajstić information content (AvgIpc) is 4.13. The van der Waals surface area contributed by atoms with Crippen molar-refractivity contribution in [2.75, 3.05) is 4.90 Å². The first-order valence-corrected chi connectivity index (χ1v) is 26.6. The molecule has 0 saturated heterocycles. The molecule has 1 nitrogen and oxygen atoms in total. The number of benzene rings is 9. The summed E-state index contributed by atoms with van der Waals surface area (Å²) in [5, 5.41) is 0. The van der Waals surface area contributed by atoms with Gasteiger partial charge in [-0.2, -0.15) is 0 Å². The molecule has 0 N–H and O–H groups in total. The van der Waals surface area contributed by atoms with Gasteiger partial charge in [0.05, 0.1) is 11.1 Å². The summed E-state index contributed by atoms with van der Waals surface area (Å²) >= 11 is 0. The van der Waals surface area contributed by atoms with E-state index in [1.165, 1.54) is 137 Å². The Morgan fingerprint density at radius 3 is 1.35 bits per heavy atom. The topological polar surface area (TPSA) is 3.24 Å². The Labute approximate surface area is 428 Å². The number of fused-ring (bicyclic) bond motifs is 11. The maximum Gasteiger partial charge on any atom is 0.0714 e. The van der Waals surface area contributed by atoms with Crippen LogP contribution in [0.5, 0.6) is 0 Å². The SMILES string of the molecule is CC(C)(C)c1ccc(C2(c3ccc(C(C)(C)C)cc3)c3ccccc3-c3ccc(N(c4ccc5c(c4)C4(CCCC4)c4ccccc4-5)c4ccccc4-c4cccc5c4C(C)(C)c4ccccc4-5)cc32)cc1. The Morgan fingerprint density at radius 2 is 0.778 bits per heavy atom. The van der Waals surface area contributed by atoms with Crippen LogP contribution in [0.1, 0.15) is 137 Å². The molecule has 354 valence electrons. The predicted octanol–water partition coefficient (Wildman–Crippen LogP) is 18.9. The van der Waals surface area contributed by atoms with Gasteiger partial charge in [-0.15, -0.1) is 0 Å². The van der Waals surface area contributed by atoms with E-state index in [9.17, 15) is 0 Å². The first kappa shape index (κ1) is 44.7. The Bertz CT molecular complexity index is 3560. The van der Waals surface area contributed by atoms with Crippen molar-refractivity contribution in [2.45, 2.75) is 108 Å². The van der Waals surface area contributed by atoms with Gasteiger partial charge in [-0.25, -0.2) is 0 Å². The van der Waals surface area contributed by atoms with E-state index in [0.29, 0.717) is 0 Å². The molecule has 9 aromatic rings. The molecule has 0 aromatic heterocycles. The molecule has 0 bridgehead atoms. The van der Waals surface area contributed by atoms with Crippen LogP contribution in [-0.4, -0.2) is 0 Å². The molecule has 0 heterocycles. The van der Waals surface area contributed by atoms with E-state index in [2.05, 4.69) is 260 Å². The molecule has 0 atom stereocenters. The molecule has 0 amide bonds. The van der Waals surface area contributed by atoms with E-state index >= 15 is 0 Å². The van der Waals surface area contributed by atoms with Crippen LogP contribution >= 0.6 is 0 Å². The lowest BCUT2D eigenvalue weighted by molar-refractivity contribution is 0.550. The number of hydrogen-bond acceptors (Lipinski definition) is 1. The minimum absolute atomic E-state index is 0.0242. The highest BCUT2D eigenvalue weighted by atomic mass is 15.1. The molecule has 0 radical (unpaired) electrons. The zero-order valence-electron chi connectivity index (χ0n) is 43.3. The molecule has 0 unspecified atom stereocenters. The Morgan fingerprint density at radius 1 is 0.361 bits per heavy atom. The average molecular weight is 932 g/mol. The molecule has 1 heteroatoms. The molecule has 9 aromatic carbocycles. The summed E-state index contributed by atoms with van der Waals surface area (Å²) in [6, 6.07) is 77.9. The van der Waals surface area contributed by atoms with Crippen LogP contribution in [0.2, 0.25) is 0 Å². The lowest BCUT2D eigenvalue weighted by Crippen LogP contribution is -2.29. The highest BCUT2D eigenvalue weighted by molar-refractivity contribution is 5.97. The lowest BCUT2D eigenvalue weighted by Gasteiger charge is -2.36. The van der Waals surface area contributed by atoms with Crippen LogP contribution in [0.4, 0.5) is 17.1 Å². The van der Waals surface area contributed by atoms with Gasteiger partial charge in [0.2, 0.25) is 0 Å². The first-order chi connectivity index (χ1) is 34.7. The van der Waals surface area contributed by atoms with Crippen LogP contribution in [0, 0.1) is 0 Å². The third-order valence-electron chi connectivity index (χ3n) is 17.6. The second kappa shape index (κ2) is 15.9. The summed E-state index contributed by atoms with van der Waals surface area (Å²) in [4.78, 5) is 2.62. The van der Waals surface area contributed by atoms with Crippen LogP contribution in [-0.2, 0) is 27.1 Å². The van der Waals surface area contributed by atoms with E-state index in [1.807, 2.05) is 0 Å². The third kappa shape index (κ3) is 6.38. The second-order valence-corrected chi connectivity index (χ2v) is 24.0. The van der Waals surface area contributed by atoms with Crippen LogP contribution in [0.3, 0.4) is 0 Å². The maximum absolute atomic E-state index is 2.62. The summed E-state index contributed by atoms with van der Waals surface area (Å²) in [6.07, 6.45) is 4.88. The monoisotopic (exact) mass is 932 g/mol. The predicted molar refractivity (Wildman–Crippen MR) is 304 cm³/mol. The fraction of sp³-hybridized carbons (Fsp3) is 0.239. The smallest absolute Gasteiger partial charge is 0.0714 e. The summed E-state index contributed by atoms with van der Waals surface area (Å²) in [7, 11) is 0. The molecular formula is C71H65N. The van der Waals surface area contributed by atoms with Gasteiger partial charge in [0.25, 0.3) is 0 Å². The Kier molecular flexibility index (Phi) is 9.86. The van der Waals surface area contributed by atoms with Crippen molar-refractivity contribution in [3.8, 4) is 44.5 Å². The van der Waals surface area contributed by atoms with Crippen molar-refractivity contribution in [3.63, 3.8) is 0 Å². The van der Waals surface area contributed by atoms with Gasteiger partial charge in [0, 0.05) is 27.8 Å². The van der Waals surface area contributed by atoms with Crippen molar-refractivity contribution in [1.29, 1.82) is 0 Å². The van der Waals surface area contributed by atoms with Crippen molar-refractivity contribution in [2.24, 2.45) is 0 Å². The van der Waals surface area contributed by atoms with E-state index in [-0.39, 0.29) is 21.7 Å². The Hall–Kier alpha value is -7.22. The van der Waals surface area contributed by atoms with Gasteiger partial charge in [0.15, 0.2) is 0 Å². The zero-order valence-corrected chi connectivity index (χ0v) is 43.3. The zero-order chi connectivity index (χ0) is 49.4. The minimum Gasteiger partial charge on any atom is -0.310 e. The quantitative estimate of drug-likeness (QED) is 0.161. The van der Waals surface area contributed by atoms with Crippen molar-refractivity contribution in [1.82, 2.24) is 0 Å². The van der Waals surface area contributed by atoms with E-state index in [1.54, 1.807) is 0 Å². The molecule has 1 fully saturated rings. The second-order valence-electron chi connectivity index (χ2n) is 24.0. The van der Waals surface area contributed by atoms with Gasteiger partial charge < -0.3 is 4.90 Å². The number of rotatable bonds is 6. The van der Waals surface area contributed by atoms with E-state index in [0.717, 1.165) is 5.69 Å². The molecule has 4 aliphatic rings. The van der Waals surface area contributed by atoms with Gasteiger partial charge in [0.1, 0.15) is 0 Å². The van der Waals surface area contributed by atoms with Crippen molar-refractivity contribution >= 4 is 17.1 Å². The molecule has 72 heavy (non-hydrogen) atoms. The van der Waals surface area contributed by atoms with Crippen LogP contribution in [0.25, 0.3) is 44.5 Å². The number of nitrogens with zero attached hydrogens (tertiary/aromatic N) is 1. The number of para-hydroxylation sites is 1. The van der Waals surface area contributed by atoms with Gasteiger partial charge in [-0.3, -0.25) is 0 Å². The summed E-state index contributed by atoms with van der Waals surface area (Å²) in [5.74, 6) is 0. The van der Waals surface area contributed by atoms with Gasteiger partial charge in [-0.1, -0.05) is 238 Å². The molecule has 1 spiro atoms. The largest absolute Gasteiger partial charge is 0.310 e. The fourth-order valence-corrected chi connectivity index (χ4v) is 14.1. The summed E-state index contributed by atoms with van der Waals surface area (Å²) < 4.78 is 0. The highest BCUT2D eigenvalue weighted by Gasteiger charge is 2.48. The molecule has 4 aliphatic carbocycles. The van der Waals surface area contributed by atoms with E-state index < -0.39 is 5.41 Å². The first-order valence-electron chi connectivity index (χ1n) is 26.6. The third-order valence-corrected chi connectivity index (χ3v) is 17.6. The lowest BCUT2D eigenvalue weighted by atomic mass is 9.67. The van der Waals surface area contributed by atoms with Crippen molar-refractivity contribution in [3.05, 3.63) is 256 Å². The summed E-state index contributed by atoms with van der Waals surface area (Å²) in [6.45, 7) is 18.7.